The average Bonchev–Trinajstić information content (AvgIpc) is 2.86. The van der Waals surface area contributed by atoms with Gasteiger partial charge in [0.2, 0.25) is 5.82 Å². The molecule has 2 aliphatic heterocycles. The van der Waals surface area contributed by atoms with Crippen LogP contribution in [0.3, 0.4) is 0 Å². The number of aromatic nitrogens is 2. The number of nitrogens with two attached hydrogens (primary N) is 1. The summed E-state index contributed by atoms with van der Waals surface area (Å²) >= 11 is 0. The molecule has 0 aliphatic carbocycles. The molecule has 172 valence electrons. The molecule has 0 unspecified atom stereocenters. The van der Waals surface area contributed by atoms with Crippen molar-refractivity contribution in [3.8, 4) is 0 Å². The van der Waals surface area contributed by atoms with Gasteiger partial charge in [0.05, 0.1) is 32.2 Å². The Kier molecular flexibility index (Phi) is 6.37. The summed E-state index contributed by atoms with van der Waals surface area (Å²) in [6.07, 6.45) is 0. The minimum atomic E-state index is 0.572. The molecule has 3 heterocycles. The highest BCUT2D eigenvalue weighted by Crippen LogP contribution is 2.32. The minimum absolute atomic E-state index is 0.572. The number of nitrogens with zero attached hydrogens (tertiary/aromatic N) is 4. The SMILES string of the molecule is Nc1cc([N+]2(Cc3ccccc3)CCNCC2)nc([N+]2(Cc3ccccc3)CCNCC2)n1. The van der Waals surface area contributed by atoms with Crippen molar-refractivity contribution < 1.29 is 0 Å². The largest absolute Gasteiger partial charge is 0.383 e. The van der Waals surface area contributed by atoms with Gasteiger partial charge in [-0.15, -0.1) is 4.98 Å². The highest BCUT2D eigenvalue weighted by Gasteiger charge is 2.40. The van der Waals surface area contributed by atoms with Gasteiger partial charge in [-0.1, -0.05) is 60.7 Å². The first-order chi connectivity index (χ1) is 16.2. The molecule has 0 bridgehead atoms. The summed E-state index contributed by atoms with van der Waals surface area (Å²) in [6, 6.07) is 23.5. The Morgan fingerprint density at radius 3 is 1.70 bits per heavy atom. The second-order valence-electron chi connectivity index (χ2n) is 9.42. The van der Waals surface area contributed by atoms with E-state index in [4.69, 9.17) is 15.7 Å². The lowest BCUT2D eigenvalue weighted by atomic mass is 10.1. The smallest absolute Gasteiger partial charge is 0.336 e. The van der Waals surface area contributed by atoms with E-state index in [1.807, 2.05) is 6.07 Å². The topological polar surface area (TPSA) is 75.9 Å². The van der Waals surface area contributed by atoms with Crippen molar-refractivity contribution in [2.24, 2.45) is 0 Å². The zero-order valence-electron chi connectivity index (χ0n) is 19.3. The van der Waals surface area contributed by atoms with E-state index in [1.165, 1.54) is 11.1 Å². The van der Waals surface area contributed by atoms with Crippen LogP contribution in [0.4, 0.5) is 17.6 Å². The summed E-state index contributed by atoms with van der Waals surface area (Å²) in [6.45, 7) is 9.54. The molecule has 1 aromatic heterocycles. The maximum absolute atomic E-state index is 6.47. The molecule has 2 aromatic carbocycles. The molecule has 2 saturated heterocycles. The first-order valence-corrected chi connectivity index (χ1v) is 12.0. The first kappa shape index (κ1) is 22.0. The summed E-state index contributed by atoms with van der Waals surface area (Å²) in [5.74, 6) is 2.48. The van der Waals surface area contributed by atoms with Crippen LogP contribution in [-0.2, 0) is 13.1 Å². The maximum Gasteiger partial charge on any atom is 0.336 e. The van der Waals surface area contributed by atoms with Gasteiger partial charge in [0.15, 0.2) is 0 Å². The summed E-state index contributed by atoms with van der Waals surface area (Å²) in [4.78, 5) is 10.2. The van der Waals surface area contributed by atoms with E-state index in [-0.39, 0.29) is 0 Å². The molecular formula is C26H35N7+2. The second-order valence-corrected chi connectivity index (χ2v) is 9.42. The Morgan fingerprint density at radius 1 is 0.667 bits per heavy atom. The molecule has 7 heteroatoms. The molecule has 0 spiro atoms. The Bertz CT molecular complexity index is 961. The highest BCUT2D eigenvalue weighted by molar-refractivity contribution is 5.50. The van der Waals surface area contributed by atoms with Crippen molar-refractivity contribution in [3.05, 3.63) is 77.9 Å². The van der Waals surface area contributed by atoms with Gasteiger partial charge in [0.25, 0.3) is 0 Å². The summed E-state index contributed by atoms with van der Waals surface area (Å²) in [5.41, 5.74) is 9.11. The molecule has 4 N–H and O–H groups in total. The average molecular weight is 446 g/mol. The third kappa shape index (κ3) is 4.77. The van der Waals surface area contributed by atoms with Gasteiger partial charge < -0.3 is 16.4 Å². The van der Waals surface area contributed by atoms with Gasteiger partial charge in [-0.25, -0.2) is 0 Å². The molecule has 3 aromatic rings. The summed E-state index contributed by atoms with van der Waals surface area (Å²) < 4.78 is 1.54. The van der Waals surface area contributed by atoms with E-state index < -0.39 is 0 Å². The molecule has 0 atom stereocenters. The summed E-state index contributed by atoms with van der Waals surface area (Å²) in [7, 11) is 0. The molecule has 7 nitrogen and oxygen atoms in total. The van der Waals surface area contributed by atoms with Crippen LogP contribution in [0.5, 0.6) is 0 Å². The van der Waals surface area contributed by atoms with E-state index in [0.29, 0.717) is 5.82 Å². The number of piperazine rings is 2. The predicted octanol–water partition coefficient (Wildman–Crippen LogP) is 2.28. The van der Waals surface area contributed by atoms with Crippen molar-refractivity contribution in [2.75, 3.05) is 58.1 Å². The van der Waals surface area contributed by atoms with Crippen molar-refractivity contribution >= 4 is 17.6 Å². The lowest BCUT2D eigenvalue weighted by molar-refractivity contribution is 0.209. The number of rotatable bonds is 6. The van der Waals surface area contributed by atoms with E-state index in [0.717, 1.165) is 86.2 Å². The number of nitrogen functional groups attached to an aromatic ring is 1. The number of hydrogen-bond donors (Lipinski definition) is 3. The fraction of sp³-hybridized carbons (Fsp3) is 0.385. The maximum atomic E-state index is 6.47. The molecule has 0 amide bonds. The number of anilines is 1. The van der Waals surface area contributed by atoms with Crippen molar-refractivity contribution in [1.29, 1.82) is 0 Å². The number of benzene rings is 2. The van der Waals surface area contributed by atoms with E-state index in [9.17, 15) is 0 Å². The van der Waals surface area contributed by atoms with Crippen LogP contribution in [-0.4, -0.2) is 62.3 Å². The van der Waals surface area contributed by atoms with Crippen molar-refractivity contribution in [3.63, 3.8) is 0 Å². The standard InChI is InChI=1S/C26H35N7/c27-24-19-25(32(15-11-28-12-16-32)20-22-7-3-1-4-8-22)31-26(30-24)33(17-13-29-14-18-33)21-23-9-5-2-6-10-23/h1-10,19,28-29H,11-18,20-21H2,(H2,27,30,31)/q+2. The molecule has 33 heavy (non-hydrogen) atoms. The van der Waals surface area contributed by atoms with E-state index in [1.54, 1.807) is 0 Å². The Morgan fingerprint density at radius 2 is 1.15 bits per heavy atom. The zero-order chi connectivity index (χ0) is 22.6. The van der Waals surface area contributed by atoms with Gasteiger partial charge in [-0.05, 0) is 0 Å². The van der Waals surface area contributed by atoms with Crippen molar-refractivity contribution in [1.82, 2.24) is 29.6 Å². The van der Waals surface area contributed by atoms with E-state index in [2.05, 4.69) is 71.3 Å². The van der Waals surface area contributed by atoms with Gasteiger partial charge in [-0.2, -0.15) is 4.98 Å². The number of quaternary nitrogens is 2. The second kappa shape index (κ2) is 9.57. The van der Waals surface area contributed by atoms with Crippen LogP contribution in [0, 0.1) is 0 Å². The first-order valence-electron chi connectivity index (χ1n) is 12.0. The highest BCUT2D eigenvalue weighted by atomic mass is 15.5. The number of nitrogens with one attached hydrogen (secondary N) is 2. The van der Waals surface area contributed by atoms with Crippen LogP contribution < -0.4 is 25.3 Å². The molecule has 0 radical (unpaired) electrons. The van der Waals surface area contributed by atoms with Crippen LogP contribution in [0.2, 0.25) is 0 Å². The molecule has 2 fully saturated rings. The zero-order valence-corrected chi connectivity index (χ0v) is 19.3. The lowest BCUT2D eigenvalue weighted by Crippen LogP contribution is -2.61. The molecular weight excluding hydrogens is 410 g/mol. The van der Waals surface area contributed by atoms with Gasteiger partial charge in [-0.3, -0.25) is 8.97 Å². The normalized spacial score (nSPS) is 19.8. The number of hydrogen-bond acceptors (Lipinski definition) is 5. The third-order valence-corrected chi connectivity index (χ3v) is 7.15. The van der Waals surface area contributed by atoms with Crippen LogP contribution >= 0.6 is 0 Å². The van der Waals surface area contributed by atoms with Crippen LogP contribution in [0.1, 0.15) is 11.1 Å². The molecule has 0 saturated carbocycles. The Hall–Kier alpha value is -2.84. The fourth-order valence-electron chi connectivity index (χ4n) is 5.30. The third-order valence-electron chi connectivity index (χ3n) is 7.15. The van der Waals surface area contributed by atoms with Crippen LogP contribution in [0.15, 0.2) is 66.7 Å². The monoisotopic (exact) mass is 445 g/mol. The van der Waals surface area contributed by atoms with Crippen LogP contribution in [0.25, 0.3) is 0 Å². The van der Waals surface area contributed by atoms with Crippen molar-refractivity contribution in [2.45, 2.75) is 13.1 Å². The Balaban J connectivity index is 1.56. The predicted molar refractivity (Wildman–Crippen MR) is 136 cm³/mol. The van der Waals surface area contributed by atoms with Gasteiger partial charge >= 0.3 is 5.95 Å². The minimum Gasteiger partial charge on any atom is -0.383 e. The quantitative estimate of drug-likeness (QED) is 0.508. The van der Waals surface area contributed by atoms with E-state index >= 15 is 0 Å². The van der Waals surface area contributed by atoms with Gasteiger partial charge in [0, 0.05) is 37.3 Å². The van der Waals surface area contributed by atoms with Gasteiger partial charge in [0.1, 0.15) is 18.9 Å². The fourth-order valence-corrected chi connectivity index (χ4v) is 5.30. The lowest BCUT2D eigenvalue weighted by Gasteiger charge is -2.42. The summed E-state index contributed by atoms with van der Waals surface area (Å²) in [5, 5.41) is 7.04. The molecule has 2 aliphatic rings. The Labute approximate surface area is 196 Å². The molecule has 5 rings (SSSR count).